The molecule has 9 heteroatoms. The molecule has 1 aliphatic heterocycles. The minimum Gasteiger partial charge on any atom is -0.324 e. The molecule has 3 aromatic rings. The highest BCUT2D eigenvalue weighted by Gasteiger charge is 2.29. The number of likely N-dealkylation sites (N-methyl/N-ethyl adjacent to an activating group) is 1. The Kier molecular flexibility index (Phi) is 5.63. The molecule has 0 aliphatic carbocycles. The van der Waals surface area contributed by atoms with Gasteiger partial charge in [-0.2, -0.15) is 14.2 Å². The molecule has 154 valence electrons. The fourth-order valence-corrected chi connectivity index (χ4v) is 3.84. The van der Waals surface area contributed by atoms with Gasteiger partial charge in [0, 0.05) is 36.0 Å². The van der Waals surface area contributed by atoms with Gasteiger partial charge >= 0.3 is 6.03 Å². The normalized spacial score (nSPS) is 16.2. The summed E-state index contributed by atoms with van der Waals surface area (Å²) in [6.07, 6.45) is 6.25. The average Bonchev–Trinajstić information content (AvgIpc) is 3.17. The molecule has 0 unspecified atom stereocenters. The predicted octanol–water partition coefficient (Wildman–Crippen LogP) is 3.31. The van der Waals surface area contributed by atoms with Gasteiger partial charge in [-0.25, -0.2) is 9.78 Å². The second kappa shape index (κ2) is 8.35. The molecule has 0 radical (unpaired) electrons. The maximum absolute atomic E-state index is 12.9. The first-order valence-electron chi connectivity index (χ1n) is 9.41. The number of rotatable bonds is 3. The maximum Gasteiger partial charge on any atom is 0.342 e. The summed E-state index contributed by atoms with van der Waals surface area (Å²) < 4.78 is 15.0. The number of aryl methyl sites for hydroxylation is 1. The molecule has 0 saturated carbocycles. The summed E-state index contributed by atoms with van der Waals surface area (Å²) in [7, 11) is 1.71. The molecule has 1 aromatic carbocycles. The van der Waals surface area contributed by atoms with Gasteiger partial charge in [0.15, 0.2) is 0 Å². The molecule has 30 heavy (non-hydrogen) atoms. The maximum atomic E-state index is 12.9. The Labute approximate surface area is 181 Å². The van der Waals surface area contributed by atoms with Crippen LogP contribution in [0.2, 0.25) is 0 Å². The van der Waals surface area contributed by atoms with Crippen LogP contribution in [0.15, 0.2) is 53.4 Å². The van der Waals surface area contributed by atoms with E-state index < -0.39 is 18.0 Å². The molecule has 1 aliphatic rings. The van der Waals surface area contributed by atoms with E-state index in [1.54, 1.807) is 30.4 Å². The molecular formula is C21H19BrFN5O2. The molecule has 0 bridgehead atoms. The highest BCUT2D eigenvalue weighted by Crippen LogP contribution is 2.29. The van der Waals surface area contributed by atoms with Crippen LogP contribution in [-0.4, -0.2) is 39.8 Å². The molecular weight excluding hydrogens is 453 g/mol. The fourth-order valence-electron chi connectivity index (χ4n) is 3.49. The van der Waals surface area contributed by atoms with Crippen LogP contribution in [0.4, 0.5) is 14.9 Å². The van der Waals surface area contributed by atoms with Crippen molar-refractivity contribution in [3.8, 4) is 0 Å². The SMILES string of the molecule is CN1C(=O)[C@H](NC(=O)n2cc(Cc3ccc(F)nc3)cn2)CCc2ccc(Br)cc21. The van der Waals surface area contributed by atoms with Crippen molar-refractivity contribution in [1.29, 1.82) is 0 Å². The van der Waals surface area contributed by atoms with E-state index in [0.717, 1.165) is 26.9 Å². The summed E-state index contributed by atoms with van der Waals surface area (Å²) in [5, 5.41) is 6.88. The van der Waals surface area contributed by atoms with Crippen LogP contribution in [0, 0.1) is 5.95 Å². The Balaban J connectivity index is 1.44. The van der Waals surface area contributed by atoms with E-state index >= 15 is 0 Å². The van der Waals surface area contributed by atoms with Crippen LogP contribution >= 0.6 is 15.9 Å². The number of pyridine rings is 1. The van der Waals surface area contributed by atoms with Crippen LogP contribution in [-0.2, 0) is 17.6 Å². The number of carbonyl (C=O) groups excluding carboxylic acids is 2. The van der Waals surface area contributed by atoms with Gasteiger partial charge in [0.2, 0.25) is 11.9 Å². The summed E-state index contributed by atoms with van der Waals surface area (Å²) >= 11 is 3.44. The fraction of sp³-hybridized carbons (Fsp3) is 0.238. The van der Waals surface area contributed by atoms with Crippen LogP contribution in [0.25, 0.3) is 0 Å². The third kappa shape index (κ3) is 4.25. The summed E-state index contributed by atoms with van der Waals surface area (Å²) in [5.74, 6) is -0.716. The minimum absolute atomic E-state index is 0.176. The lowest BCUT2D eigenvalue weighted by atomic mass is 10.1. The van der Waals surface area contributed by atoms with Gasteiger partial charge in [-0.3, -0.25) is 4.79 Å². The lowest BCUT2D eigenvalue weighted by molar-refractivity contribution is -0.120. The van der Waals surface area contributed by atoms with Gasteiger partial charge in [-0.1, -0.05) is 28.1 Å². The van der Waals surface area contributed by atoms with Crippen LogP contribution in [0.3, 0.4) is 0 Å². The van der Waals surface area contributed by atoms with E-state index in [4.69, 9.17) is 0 Å². The third-order valence-electron chi connectivity index (χ3n) is 5.08. The molecule has 4 rings (SSSR count). The van der Waals surface area contributed by atoms with Crippen molar-refractivity contribution >= 4 is 33.6 Å². The van der Waals surface area contributed by atoms with Gasteiger partial charge in [0.1, 0.15) is 6.04 Å². The summed E-state index contributed by atoms with van der Waals surface area (Å²) in [4.78, 5) is 30.8. The molecule has 0 spiro atoms. The number of amides is 2. The Morgan fingerprint density at radius 2 is 2.10 bits per heavy atom. The second-order valence-electron chi connectivity index (χ2n) is 7.17. The first-order chi connectivity index (χ1) is 14.4. The van der Waals surface area contributed by atoms with Gasteiger partial charge in [-0.05, 0) is 47.7 Å². The molecule has 1 N–H and O–H groups in total. The predicted molar refractivity (Wildman–Crippen MR) is 113 cm³/mol. The highest BCUT2D eigenvalue weighted by molar-refractivity contribution is 9.10. The Morgan fingerprint density at radius 3 is 2.87 bits per heavy atom. The van der Waals surface area contributed by atoms with Crippen molar-refractivity contribution in [2.24, 2.45) is 0 Å². The van der Waals surface area contributed by atoms with Crippen molar-refractivity contribution in [2.75, 3.05) is 11.9 Å². The average molecular weight is 472 g/mol. The van der Waals surface area contributed by atoms with E-state index in [-0.39, 0.29) is 5.91 Å². The van der Waals surface area contributed by atoms with E-state index in [1.165, 1.54) is 16.9 Å². The zero-order valence-electron chi connectivity index (χ0n) is 16.2. The molecule has 2 amide bonds. The number of nitrogens with one attached hydrogen (secondary N) is 1. The van der Waals surface area contributed by atoms with E-state index in [0.29, 0.717) is 19.3 Å². The first-order valence-corrected chi connectivity index (χ1v) is 10.2. The number of carbonyl (C=O) groups is 2. The number of hydrogen-bond acceptors (Lipinski definition) is 4. The number of benzene rings is 1. The highest BCUT2D eigenvalue weighted by atomic mass is 79.9. The van der Waals surface area contributed by atoms with Crippen molar-refractivity contribution in [1.82, 2.24) is 20.1 Å². The quantitative estimate of drug-likeness (QED) is 0.594. The molecule has 3 heterocycles. The summed E-state index contributed by atoms with van der Waals surface area (Å²) in [6.45, 7) is 0. The van der Waals surface area contributed by atoms with Gasteiger partial charge in [-0.15, -0.1) is 0 Å². The number of anilines is 1. The summed E-state index contributed by atoms with van der Waals surface area (Å²) in [6, 6.07) is 7.63. The number of nitrogens with zero attached hydrogens (tertiary/aromatic N) is 4. The van der Waals surface area contributed by atoms with Crippen molar-refractivity contribution in [3.05, 3.63) is 76.0 Å². The second-order valence-corrected chi connectivity index (χ2v) is 8.09. The zero-order chi connectivity index (χ0) is 21.3. The number of halogens is 2. The van der Waals surface area contributed by atoms with Crippen molar-refractivity contribution in [3.63, 3.8) is 0 Å². The standard InChI is InChI=1S/C21H19BrFN5O2/c1-27-18-9-16(22)5-3-15(18)4-6-17(20(27)29)26-21(30)28-12-14(11-25-28)8-13-2-7-19(23)24-10-13/h2-3,5,7,9-12,17H,4,6,8H2,1H3,(H,26,30)/t17-/m1/s1. The molecule has 0 saturated heterocycles. The zero-order valence-corrected chi connectivity index (χ0v) is 17.8. The van der Waals surface area contributed by atoms with E-state index in [1.807, 2.05) is 18.2 Å². The summed E-state index contributed by atoms with van der Waals surface area (Å²) in [5.41, 5.74) is 3.47. The number of aromatic nitrogens is 3. The Morgan fingerprint density at radius 1 is 1.27 bits per heavy atom. The topological polar surface area (TPSA) is 80.1 Å². The van der Waals surface area contributed by atoms with Crippen LogP contribution < -0.4 is 10.2 Å². The van der Waals surface area contributed by atoms with E-state index in [2.05, 4.69) is 31.3 Å². The van der Waals surface area contributed by atoms with Gasteiger partial charge in [0.25, 0.3) is 0 Å². The molecule has 1 atom stereocenters. The first kappa shape index (κ1) is 20.2. The Bertz CT molecular complexity index is 1100. The minimum atomic E-state index is -0.650. The van der Waals surface area contributed by atoms with Crippen LogP contribution in [0.1, 0.15) is 23.1 Å². The smallest absolute Gasteiger partial charge is 0.324 e. The number of fused-ring (bicyclic) bond motifs is 1. The van der Waals surface area contributed by atoms with Crippen molar-refractivity contribution in [2.45, 2.75) is 25.3 Å². The number of hydrogen-bond donors (Lipinski definition) is 1. The van der Waals surface area contributed by atoms with E-state index in [9.17, 15) is 14.0 Å². The molecule has 2 aromatic heterocycles. The largest absolute Gasteiger partial charge is 0.342 e. The lowest BCUT2D eigenvalue weighted by Gasteiger charge is -2.22. The lowest BCUT2D eigenvalue weighted by Crippen LogP contribution is -2.48. The third-order valence-corrected chi connectivity index (χ3v) is 5.57. The van der Waals surface area contributed by atoms with Crippen molar-refractivity contribution < 1.29 is 14.0 Å². The molecule has 0 fully saturated rings. The van der Waals surface area contributed by atoms with Crippen LogP contribution in [0.5, 0.6) is 0 Å². The van der Waals surface area contributed by atoms with Gasteiger partial charge < -0.3 is 10.2 Å². The van der Waals surface area contributed by atoms with Gasteiger partial charge in [0.05, 0.1) is 6.20 Å². The molecule has 7 nitrogen and oxygen atoms in total. The Hall–Kier alpha value is -3.07. The monoisotopic (exact) mass is 471 g/mol.